The fourth-order valence-electron chi connectivity index (χ4n) is 7.46. The van der Waals surface area contributed by atoms with Gasteiger partial charge in [0, 0.05) is 0 Å². The van der Waals surface area contributed by atoms with E-state index in [1.54, 1.807) is 5.57 Å². The first-order valence-electron chi connectivity index (χ1n) is 34.9. The standard InChI is InChI=1S/C11H24.C11H22.C10H22.3C10H20.C9H20.C9H18/c2*1-6-11(10(4)5)8-7-9(2)3;4*1-8(2)6-7-10(5)9(3)4;2*1-8(2)6-5-7-9(3)4/h9-11H,6-8H2,1-5H3;7-11H,6H2,1-5H3;8-10H,6-7H2,1-5H3;8H,6-7H2,1-5H3;6-10H,1-5H3;8-9H,5-7H2,1-4H3;8-9H,5-7H2,1-4H3;6,9H,5,7H2,1-4H3/b;8-7+;;;7-6+;;;. The van der Waals surface area contributed by atoms with Crippen LogP contribution in [0.5, 0.6) is 0 Å². The summed E-state index contributed by atoms with van der Waals surface area (Å²) in [7, 11) is 0. The maximum Gasteiger partial charge on any atom is -0.0213 e. The van der Waals surface area contributed by atoms with Gasteiger partial charge in [-0.1, -0.05) is 326 Å². The van der Waals surface area contributed by atoms with E-state index in [4.69, 9.17) is 0 Å². The van der Waals surface area contributed by atoms with Gasteiger partial charge < -0.3 is 0 Å². The molecule has 0 saturated carbocycles. The van der Waals surface area contributed by atoms with E-state index in [0.29, 0.717) is 17.8 Å². The van der Waals surface area contributed by atoms with Crippen molar-refractivity contribution in [2.75, 3.05) is 0 Å². The zero-order valence-electron chi connectivity index (χ0n) is 63.6. The molecule has 0 nitrogen and oxygen atoms in total. The SMILES string of the molecule is C=C(CCC(C)C)C(C)C.CC(C)/C=C/C(C)C(C)C.CC(C)=C(C)CCC(C)C.CC(C)=CCCC(C)C.CC(C)CCC(C)C(C)C.CC(C)CCCC(C)C.CCC(/C=C/C(C)C)C(C)C.CCC(CCC(C)C)C(C)C. The molecule has 0 saturated heterocycles. The van der Waals surface area contributed by atoms with Gasteiger partial charge in [0.25, 0.3) is 0 Å². The van der Waals surface area contributed by atoms with Crippen LogP contribution in [0.25, 0.3) is 0 Å². The molecule has 0 N–H and O–H groups in total. The Hall–Kier alpha value is -1.30. The van der Waals surface area contributed by atoms with Gasteiger partial charge in [-0.2, -0.15) is 0 Å². The molecular weight excluding hydrogens is 961 g/mol. The lowest BCUT2D eigenvalue weighted by molar-refractivity contribution is 0.322. The molecule has 0 aromatic rings. The Labute approximate surface area is 515 Å². The predicted octanol–water partition coefficient (Wildman–Crippen LogP) is 29.5. The van der Waals surface area contributed by atoms with Crippen LogP contribution in [0.4, 0.5) is 0 Å². The Morgan fingerprint density at radius 2 is 0.750 bits per heavy atom. The Bertz CT molecular complexity index is 1320. The van der Waals surface area contributed by atoms with Crippen molar-refractivity contribution in [2.24, 2.45) is 107 Å². The highest BCUT2D eigenvalue weighted by atomic mass is 14.2. The summed E-state index contributed by atoms with van der Waals surface area (Å²) in [5.41, 5.74) is 5.89. The first-order chi connectivity index (χ1) is 36.5. The van der Waals surface area contributed by atoms with Gasteiger partial charge in [-0.3, -0.25) is 0 Å². The molecule has 0 aromatic carbocycles. The monoisotopic (exact) mass is 1130 g/mol. The highest BCUT2D eigenvalue weighted by molar-refractivity contribution is 5.06. The second-order valence-corrected chi connectivity index (χ2v) is 30.7. The quantitative estimate of drug-likeness (QED) is 0.0629. The van der Waals surface area contributed by atoms with Crippen LogP contribution < -0.4 is 0 Å². The molecule has 0 aromatic heterocycles. The Morgan fingerprint density at radius 1 is 0.362 bits per heavy atom. The maximum atomic E-state index is 4.03. The van der Waals surface area contributed by atoms with Crippen LogP contribution >= 0.6 is 0 Å². The summed E-state index contributed by atoms with van der Waals surface area (Å²) in [5, 5.41) is 0. The Kier molecular flexibility index (Phi) is 75.7. The average Bonchev–Trinajstić information content (AvgIpc) is 3.31. The van der Waals surface area contributed by atoms with Crippen LogP contribution in [-0.4, -0.2) is 0 Å². The highest BCUT2D eigenvalue weighted by Crippen LogP contribution is 2.23. The lowest BCUT2D eigenvalue weighted by Crippen LogP contribution is -2.08. The second-order valence-electron chi connectivity index (χ2n) is 30.7. The number of hydrogen-bond acceptors (Lipinski definition) is 0. The smallest absolute Gasteiger partial charge is 0.0213 e. The third-order valence-corrected chi connectivity index (χ3v) is 15.5. The van der Waals surface area contributed by atoms with E-state index in [9.17, 15) is 0 Å². The minimum Gasteiger partial charge on any atom is -0.0996 e. The fourth-order valence-corrected chi connectivity index (χ4v) is 7.46. The van der Waals surface area contributed by atoms with Crippen LogP contribution in [-0.2, 0) is 0 Å². The number of rotatable bonds is 30. The molecule has 0 radical (unpaired) electrons. The van der Waals surface area contributed by atoms with E-state index < -0.39 is 0 Å². The van der Waals surface area contributed by atoms with Crippen LogP contribution in [0.15, 0.2) is 59.3 Å². The molecular formula is C80H166. The van der Waals surface area contributed by atoms with Crippen molar-refractivity contribution >= 4 is 0 Å². The van der Waals surface area contributed by atoms with Crippen molar-refractivity contribution in [1.82, 2.24) is 0 Å². The third kappa shape index (κ3) is 93.1. The molecule has 4 atom stereocenters. The first kappa shape index (κ1) is 95.1. The van der Waals surface area contributed by atoms with Crippen molar-refractivity contribution < 1.29 is 0 Å². The number of allylic oxidation sites excluding steroid dienone is 9. The molecule has 4 unspecified atom stereocenters. The molecule has 80 heavy (non-hydrogen) atoms. The van der Waals surface area contributed by atoms with Crippen LogP contribution in [0.2, 0.25) is 0 Å². The van der Waals surface area contributed by atoms with Gasteiger partial charge in [0.1, 0.15) is 0 Å². The first-order valence-corrected chi connectivity index (χ1v) is 34.9. The molecule has 0 rings (SSSR count). The molecule has 0 amide bonds. The summed E-state index contributed by atoms with van der Waals surface area (Å²) in [5.74, 6) is 14.8. The minimum atomic E-state index is 0.666. The average molecular weight is 1130 g/mol. The molecule has 0 fully saturated rings. The van der Waals surface area contributed by atoms with Crippen molar-refractivity contribution in [1.29, 1.82) is 0 Å². The fraction of sp³-hybridized carbons (Fsp3) is 0.875. The van der Waals surface area contributed by atoms with Crippen LogP contribution in [0, 0.1) is 107 Å². The summed E-state index contributed by atoms with van der Waals surface area (Å²) in [4.78, 5) is 0. The highest BCUT2D eigenvalue weighted by Gasteiger charge is 2.11. The molecule has 0 heteroatoms. The molecule has 0 spiro atoms. The Morgan fingerprint density at radius 3 is 1.04 bits per heavy atom. The van der Waals surface area contributed by atoms with Gasteiger partial charge in [0.2, 0.25) is 0 Å². The molecule has 0 aliphatic carbocycles. The van der Waals surface area contributed by atoms with E-state index in [2.05, 4.69) is 293 Å². The normalized spacial score (nSPS) is 12.9. The minimum absolute atomic E-state index is 0.666. The second kappa shape index (κ2) is 63.7. The summed E-state index contributed by atoms with van der Waals surface area (Å²) in [6.07, 6.45) is 31.7. The van der Waals surface area contributed by atoms with Crippen molar-refractivity contribution in [2.45, 2.75) is 352 Å². The van der Waals surface area contributed by atoms with Gasteiger partial charge in [0.05, 0.1) is 0 Å². The van der Waals surface area contributed by atoms with Crippen LogP contribution in [0.1, 0.15) is 352 Å². The van der Waals surface area contributed by atoms with Gasteiger partial charge in [-0.25, -0.2) is 0 Å². The molecule has 486 valence electrons. The molecule has 0 heterocycles. The maximum absolute atomic E-state index is 4.03. The van der Waals surface area contributed by atoms with E-state index in [0.717, 1.165) is 88.8 Å². The lowest BCUT2D eigenvalue weighted by Gasteiger charge is -2.19. The summed E-state index contributed by atoms with van der Waals surface area (Å²) < 4.78 is 0. The molecule has 0 bridgehead atoms. The Balaban J connectivity index is -0.000000124. The van der Waals surface area contributed by atoms with Gasteiger partial charge in [0.15, 0.2) is 0 Å². The van der Waals surface area contributed by atoms with Gasteiger partial charge in [-0.15, -0.1) is 0 Å². The van der Waals surface area contributed by atoms with E-state index in [1.807, 2.05) is 0 Å². The van der Waals surface area contributed by atoms with Gasteiger partial charge in [-0.05, 0) is 193 Å². The largest absolute Gasteiger partial charge is 0.0996 e. The van der Waals surface area contributed by atoms with E-state index in [1.165, 1.54) is 113 Å². The molecule has 0 aliphatic heterocycles. The van der Waals surface area contributed by atoms with Gasteiger partial charge >= 0.3 is 0 Å². The summed E-state index contributed by atoms with van der Waals surface area (Å²) in [6, 6.07) is 0. The van der Waals surface area contributed by atoms with E-state index >= 15 is 0 Å². The lowest BCUT2D eigenvalue weighted by atomic mass is 9.87. The molecule has 0 aliphatic rings. The summed E-state index contributed by atoms with van der Waals surface area (Å²) >= 11 is 0. The topological polar surface area (TPSA) is 0 Å². The predicted molar refractivity (Wildman–Crippen MR) is 385 cm³/mol. The van der Waals surface area contributed by atoms with Crippen molar-refractivity contribution in [3.63, 3.8) is 0 Å². The number of hydrogen-bond donors (Lipinski definition) is 0. The van der Waals surface area contributed by atoms with E-state index in [-0.39, 0.29) is 0 Å². The van der Waals surface area contributed by atoms with Crippen molar-refractivity contribution in [3.8, 4) is 0 Å². The van der Waals surface area contributed by atoms with Crippen molar-refractivity contribution in [3.05, 3.63) is 59.3 Å². The third-order valence-electron chi connectivity index (χ3n) is 15.5. The zero-order valence-corrected chi connectivity index (χ0v) is 63.6. The summed E-state index contributed by atoms with van der Waals surface area (Å²) in [6.45, 7) is 87.8. The zero-order chi connectivity index (χ0) is 64.8. The van der Waals surface area contributed by atoms with Crippen LogP contribution in [0.3, 0.4) is 0 Å².